The molecular formula is C23H29N3O. The summed E-state index contributed by atoms with van der Waals surface area (Å²) in [7, 11) is 0. The number of carbonyl (C=O) groups excluding carboxylic acids is 1. The van der Waals surface area contributed by atoms with E-state index in [0.717, 1.165) is 46.5 Å². The largest absolute Gasteiger partial charge is 0.342 e. The first-order valence-electron chi connectivity index (χ1n) is 9.84. The fraction of sp³-hybridized carbons (Fsp3) is 0.391. The van der Waals surface area contributed by atoms with Crippen LogP contribution in [0.2, 0.25) is 0 Å². The van der Waals surface area contributed by atoms with E-state index in [4.69, 9.17) is 4.98 Å². The van der Waals surface area contributed by atoms with Crippen LogP contribution in [0.25, 0.3) is 11.0 Å². The van der Waals surface area contributed by atoms with Crippen molar-refractivity contribution in [2.45, 2.75) is 59.5 Å². The molecule has 0 spiro atoms. The molecule has 4 nitrogen and oxygen atoms in total. The first-order chi connectivity index (χ1) is 13.0. The van der Waals surface area contributed by atoms with Gasteiger partial charge in [-0.2, -0.15) is 0 Å². The van der Waals surface area contributed by atoms with Gasteiger partial charge in [-0.05, 0) is 51.0 Å². The van der Waals surface area contributed by atoms with Gasteiger partial charge in [0.15, 0.2) is 0 Å². The number of benzene rings is 2. The average Bonchev–Trinajstić information content (AvgIpc) is 3.01. The summed E-state index contributed by atoms with van der Waals surface area (Å²) in [5, 5.41) is 3.14. The van der Waals surface area contributed by atoms with E-state index >= 15 is 0 Å². The predicted octanol–water partition coefficient (Wildman–Crippen LogP) is 5.33. The minimum absolute atomic E-state index is 0.0489. The molecule has 142 valence electrons. The number of unbranched alkanes of at least 4 members (excludes halogenated alkanes) is 2. The second-order valence-electron chi connectivity index (χ2n) is 7.33. The van der Waals surface area contributed by atoms with Crippen molar-refractivity contribution in [2.24, 2.45) is 0 Å². The van der Waals surface area contributed by atoms with E-state index in [1.165, 1.54) is 12.8 Å². The van der Waals surface area contributed by atoms with Crippen LogP contribution in [0, 0.1) is 13.8 Å². The minimum atomic E-state index is -0.160. The van der Waals surface area contributed by atoms with Crippen LogP contribution in [-0.2, 0) is 6.54 Å². The van der Waals surface area contributed by atoms with Crippen LogP contribution in [-0.4, -0.2) is 15.5 Å². The van der Waals surface area contributed by atoms with Crippen molar-refractivity contribution >= 4 is 16.9 Å². The summed E-state index contributed by atoms with van der Waals surface area (Å²) in [6, 6.07) is 14.0. The minimum Gasteiger partial charge on any atom is -0.342 e. The highest BCUT2D eigenvalue weighted by Crippen LogP contribution is 2.22. The first kappa shape index (κ1) is 19.2. The molecule has 0 bridgehead atoms. The summed E-state index contributed by atoms with van der Waals surface area (Å²) in [6.07, 6.45) is 3.48. The maximum absolute atomic E-state index is 12.8. The molecule has 0 aliphatic rings. The number of nitrogens with one attached hydrogen (secondary N) is 1. The number of hydrogen-bond donors (Lipinski definition) is 1. The second kappa shape index (κ2) is 8.38. The van der Waals surface area contributed by atoms with Gasteiger partial charge in [-0.15, -0.1) is 0 Å². The van der Waals surface area contributed by atoms with Gasteiger partial charge < -0.3 is 9.88 Å². The third-order valence-electron chi connectivity index (χ3n) is 5.03. The molecule has 3 aromatic rings. The summed E-state index contributed by atoms with van der Waals surface area (Å²) < 4.78 is 2.26. The van der Waals surface area contributed by atoms with Crippen molar-refractivity contribution < 1.29 is 4.79 Å². The Morgan fingerprint density at radius 2 is 1.93 bits per heavy atom. The van der Waals surface area contributed by atoms with Crippen LogP contribution in [0.1, 0.15) is 66.5 Å². The number of rotatable bonds is 7. The number of imidazole rings is 1. The molecule has 0 saturated carbocycles. The fourth-order valence-corrected chi connectivity index (χ4v) is 3.59. The van der Waals surface area contributed by atoms with Gasteiger partial charge in [0.2, 0.25) is 0 Å². The Bertz CT molecular complexity index is 942. The Morgan fingerprint density at radius 1 is 1.15 bits per heavy atom. The standard InChI is InChI=1S/C23H29N3O/c1-5-6-9-14-26-21-11-8-7-10-20(21)25-22(26)18(4)24-23(27)19-13-12-16(2)15-17(19)3/h7-8,10-13,15,18H,5-6,9,14H2,1-4H3,(H,24,27). The monoisotopic (exact) mass is 363 g/mol. The molecule has 0 saturated heterocycles. The number of carbonyl (C=O) groups is 1. The molecule has 0 aliphatic carbocycles. The van der Waals surface area contributed by atoms with Gasteiger partial charge in [-0.25, -0.2) is 4.98 Å². The van der Waals surface area contributed by atoms with E-state index in [9.17, 15) is 4.79 Å². The normalized spacial score (nSPS) is 12.3. The number of fused-ring (bicyclic) bond motifs is 1. The summed E-state index contributed by atoms with van der Waals surface area (Å²) in [6.45, 7) is 9.16. The maximum Gasteiger partial charge on any atom is 0.252 e. The quantitative estimate of drug-likeness (QED) is 0.576. The Balaban J connectivity index is 1.87. The first-order valence-corrected chi connectivity index (χ1v) is 9.84. The highest BCUT2D eigenvalue weighted by molar-refractivity contribution is 5.96. The van der Waals surface area contributed by atoms with E-state index in [-0.39, 0.29) is 11.9 Å². The lowest BCUT2D eigenvalue weighted by Crippen LogP contribution is -2.29. The van der Waals surface area contributed by atoms with Crippen LogP contribution < -0.4 is 5.32 Å². The SMILES string of the molecule is CCCCCn1c(C(C)NC(=O)c2ccc(C)cc2C)nc2ccccc21. The number of nitrogens with zero attached hydrogens (tertiary/aromatic N) is 2. The average molecular weight is 364 g/mol. The van der Waals surface area contributed by atoms with Crippen LogP contribution in [0.15, 0.2) is 42.5 Å². The fourth-order valence-electron chi connectivity index (χ4n) is 3.59. The number of hydrogen-bond acceptors (Lipinski definition) is 2. The zero-order chi connectivity index (χ0) is 19.4. The molecule has 1 amide bonds. The van der Waals surface area contributed by atoms with Gasteiger partial charge >= 0.3 is 0 Å². The van der Waals surface area contributed by atoms with E-state index in [2.05, 4.69) is 22.9 Å². The molecule has 1 N–H and O–H groups in total. The summed E-state index contributed by atoms with van der Waals surface area (Å²) in [5.74, 6) is 0.873. The number of para-hydroxylation sites is 2. The van der Waals surface area contributed by atoms with Crippen LogP contribution in [0.3, 0.4) is 0 Å². The Labute approximate surface area is 161 Å². The van der Waals surface area contributed by atoms with Gasteiger partial charge in [-0.3, -0.25) is 4.79 Å². The van der Waals surface area contributed by atoms with Crippen molar-refractivity contribution in [2.75, 3.05) is 0 Å². The molecule has 4 heteroatoms. The van der Waals surface area contributed by atoms with Crippen molar-refractivity contribution in [1.29, 1.82) is 0 Å². The lowest BCUT2D eigenvalue weighted by atomic mass is 10.0. The molecule has 1 atom stereocenters. The van der Waals surface area contributed by atoms with E-state index in [1.54, 1.807) is 0 Å². The Kier molecular flexibility index (Phi) is 5.94. The summed E-state index contributed by atoms with van der Waals surface area (Å²) >= 11 is 0. The topological polar surface area (TPSA) is 46.9 Å². The van der Waals surface area contributed by atoms with Gasteiger partial charge in [-0.1, -0.05) is 49.6 Å². The van der Waals surface area contributed by atoms with Gasteiger partial charge in [0.1, 0.15) is 5.82 Å². The highest BCUT2D eigenvalue weighted by atomic mass is 16.1. The van der Waals surface area contributed by atoms with Crippen LogP contribution in [0.5, 0.6) is 0 Å². The third-order valence-corrected chi connectivity index (χ3v) is 5.03. The molecule has 3 rings (SSSR count). The maximum atomic E-state index is 12.8. The molecule has 2 aromatic carbocycles. The molecule has 1 heterocycles. The van der Waals surface area contributed by atoms with Crippen molar-refractivity contribution in [1.82, 2.24) is 14.9 Å². The highest BCUT2D eigenvalue weighted by Gasteiger charge is 2.19. The van der Waals surface area contributed by atoms with Gasteiger partial charge in [0.25, 0.3) is 5.91 Å². The van der Waals surface area contributed by atoms with Crippen molar-refractivity contribution in [3.8, 4) is 0 Å². The van der Waals surface area contributed by atoms with E-state index < -0.39 is 0 Å². The van der Waals surface area contributed by atoms with Crippen LogP contribution >= 0.6 is 0 Å². The summed E-state index contributed by atoms with van der Waals surface area (Å²) in [4.78, 5) is 17.6. The van der Waals surface area contributed by atoms with Crippen molar-refractivity contribution in [3.63, 3.8) is 0 Å². The lowest BCUT2D eigenvalue weighted by molar-refractivity contribution is 0.0937. The van der Waals surface area contributed by atoms with Crippen LogP contribution in [0.4, 0.5) is 0 Å². The predicted molar refractivity (Wildman–Crippen MR) is 111 cm³/mol. The van der Waals surface area contributed by atoms with Gasteiger partial charge in [0.05, 0.1) is 17.1 Å². The van der Waals surface area contributed by atoms with Gasteiger partial charge in [0, 0.05) is 12.1 Å². The lowest BCUT2D eigenvalue weighted by Gasteiger charge is -2.17. The molecule has 0 radical (unpaired) electrons. The van der Waals surface area contributed by atoms with Crippen molar-refractivity contribution in [3.05, 3.63) is 65.0 Å². The molecular weight excluding hydrogens is 334 g/mol. The van der Waals surface area contributed by atoms with E-state index in [1.807, 2.05) is 57.2 Å². The number of amides is 1. The summed E-state index contributed by atoms with van der Waals surface area (Å²) in [5.41, 5.74) is 5.00. The van der Waals surface area contributed by atoms with E-state index in [0.29, 0.717) is 0 Å². The number of aryl methyl sites for hydroxylation is 3. The number of aromatic nitrogens is 2. The Hall–Kier alpha value is -2.62. The molecule has 1 unspecified atom stereocenters. The molecule has 27 heavy (non-hydrogen) atoms. The smallest absolute Gasteiger partial charge is 0.252 e. The zero-order valence-corrected chi connectivity index (χ0v) is 16.7. The molecule has 0 aliphatic heterocycles. The Morgan fingerprint density at radius 3 is 2.67 bits per heavy atom. The second-order valence-corrected chi connectivity index (χ2v) is 7.33. The third kappa shape index (κ3) is 4.21. The zero-order valence-electron chi connectivity index (χ0n) is 16.7. The molecule has 1 aromatic heterocycles. The molecule has 0 fully saturated rings.